The summed E-state index contributed by atoms with van der Waals surface area (Å²) < 4.78 is 0. The van der Waals surface area contributed by atoms with Crippen LogP contribution in [0, 0.1) is 5.41 Å². The summed E-state index contributed by atoms with van der Waals surface area (Å²) in [5, 5.41) is 14.0. The van der Waals surface area contributed by atoms with Crippen LogP contribution in [0.15, 0.2) is 17.6 Å². The molecule has 1 rings (SSSR count). The Hall–Kier alpha value is -0.300. The first-order chi connectivity index (χ1) is 8.98. The fourth-order valence-electron chi connectivity index (χ4n) is 2.00. The average molecular weight is 306 g/mol. The minimum Gasteiger partial charge on any atom is -0.861 e. The van der Waals surface area contributed by atoms with Gasteiger partial charge < -0.3 is 5.11 Å². The van der Waals surface area contributed by atoms with E-state index in [0.717, 1.165) is 18.6 Å². The van der Waals surface area contributed by atoms with Crippen LogP contribution >= 0.6 is 11.8 Å². The Bertz CT molecular complexity index is 414. The van der Waals surface area contributed by atoms with Gasteiger partial charge in [0.25, 0.3) is 0 Å². The maximum atomic E-state index is 12.1. The van der Waals surface area contributed by atoms with Gasteiger partial charge in [-0.3, -0.25) is 10.1 Å². The Balaban J connectivity index is 0.00000361. The van der Waals surface area contributed by atoms with Gasteiger partial charge in [0.15, 0.2) is 0 Å². The number of aliphatic imine (C=N–C) groups is 1. The molecule has 0 radical (unpaired) electrons. The summed E-state index contributed by atoms with van der Waals surface area (Å²) in [6.07, 6.45) is 3.79. The summed E-state index contributed by atoms with van der Waals surface area (Å²) in [6, 6.07) is -0.875. The molecule has 106 valence electrons. The van der Waals surface area contributed by atoms with Gasteiger partial charge in [0, 0.05) is 5.25 Å². The zero-order valence-electron chi connectivity index (χ0n) is 12.3. The first kappa shape index (κ1) is 19.7. The van der Waals surface area contributed by atoms with E-state index >= 15 is 0 Å². The molecule has 7 heteroatoms. The third-order valence-corrected chi connectivity index (χ3v) is 4.66. The maximum Gasteiger partial charge on any atom is 1.00 e. The molecule has 1 aliphatic heterocycles. The van der Waals surface area contributed by atoms with Crippen molar-refractivity contribution in [3.63, 3.8) is 0 Å². The van der Waals surface area contributed by atoms with Crippen molar-refractivity contribution >= 4 is 29.6 Å². The number of hydrogen-bond donors (Lipinski definition) is 1. The summed E-state index contributed by atoms with van der Waals surface area (Å²) in [7, 11) is 0. The third kappa shape index (κ3) is 4.10. The van der Waals surface area contributed by atoms with Gasteiger partial charge in [-0.1, -0.05) is 26.3 Å². The SMILES string of the molecule is C=CCC1(C(C)SCCCC)C(=O)NC(=O)N=C1[O-].[Na+]. The second kappa shape index (κ2) is 8.87. The Morgan fingerprint density at radius 3 is 2.70 bits per heavy atom. The number of unbranched alkanes of at least 4 members (excludes halogenated alkanes) is 1. The van der Waals surface area contributed by atoms with E-state index in [1.54, 1.807) is 11.8 Å². The molecule has 0 saturated carbocycles. The fraction of sp³-hybridized carbons (Fsp3) is 0.615. The van der Waals surface area contributed by atoms with Crippen molar-refractivity contribution in [3.8, 4) is 0 Å². The normalized spacial score (nSPS) is 23.4. The fourth-order valence-corrected chi connectivity index (χ4v) is 3.40. The number of nitrogens with one attached hydrogen (secondary N) is 1. The van der Waals surface area contributed by atoms with Crippen LogP contribution in [0.4, 0.5) is 4.79 Å². The van der Waals surface area contributed by atoms with Crippen LogP contribution in [-0.4, -0.2) is 28.8 Å². The van der Waals surface area contributed by atoms with E-state index in [1.807, 2.05) is 6.92 Å². The number of thioether (sulfide) groups is 1. The smallest absolute Gasteiger partial charge is 0.861 e. The molecule has 0 saturated heterocycles. The molecule has 20 heavy (non-hydrogen) atoms. The molecule has 5 nitrogen and oxygen atoms in total. The summed E-state index contributed by atoms with van der Waals surface area (Å²) in [5.74, 6) is -0.350. The summed E-state index contributed by atoms with van der Waals surface area (Å²) in [6.45, 7) is 7.51. The Labute approximate surface area is 146 Å². The predicted octanol–water partition coefficient (Wildman–Crippen LogP) is -1.52. The van der Waals surface area contributed by atoms with Crippen LogP contribution in [0.1, 0.15) is 33.1 Å². The molecule has 1 aliphatic rings. The maximum absolute atomic E-state index is 12.1. The number of urea groups is 1. The zero-order chi connectivity index (χ0) is 14.5. The van der Waals surface area contributed by atoms with Gasteiger partial charge in [0.2, 0.25) is 5.91 Å². The van der Waals surface area contributed by atoms with Crippen molar-refractivity contribution in [2.45, 2.75) is 38.4 Å². The van der Waals surface area contributed by atoms with E-state index < -0.39 is 23.3 Å². The van der Waals surface area contributed by atoms with Crippen molar-refractivity contribution in [3.05, 3.63) is 12.7 Å². The molecule has 0 spiro atoms. The molecule has 2 unspecified atom stereocenters. The van der Waals surface area contributed by atoms with Crippen LogP contribution in [-0.2, 0) is 4.79 Å². The Kier molecular flexibility index (Phi) is 8.74. The van der Waals surface area contributed by atoms with Crippen LogP contribution in [0.25, 0.3) is 0 Å². The standard InChI is InChI=1S/C13H20N2O3S.Na/c1-4-6-8-19-9(3)13(7-5-2)10(16)14-12(18)15-11(13)17;/h5,9H,2,4,6-8H2,1,3H3,(H2,14,15,16,17,18);/q;+1/p-1. The van der Waals surface area contributed by atoms with Crippen LogP contribution in [0.5, 0.6) is 0 Å². The monoisotopic (exact) mass is 306 g/mol. The van der Waals surface area contributed by atoms with Crippen molar-refractivity contribution < 1.29 is 44.3 Å². The van der Waals surface area contributed by atoms with Gasteiger partial charge in [0.1, 0.15) is 0 Å². The zero-order valence-corrected chi connectivity index (χ0v) is 15.1. The second-order valence-corrected chi connectivity index (χ2v) is 5.96. The number of nitrogens with zero attached hydrogens (tertiary/aromatic N) is 1. The van der Waals surface area contributed by atoms with E-state index in [0.29, 0.717) is 0 Å². The quantitative estimate of drug-likeness (QED) is 0.352. The van der Waals surface area contributed by atoms with Gasteiger partial charge in [-0.25, -0.2) is 9.79 Å². The van der Waals surface area contributed by atoms with Gasteiger partial charge in [-0.15, -0.1) is 6.58 Å². The van der Waals surface area contributed by atoms with Crippen molar-refractivity contribution in [1.29, 1.82) is 0 Å². The molecular weight excluding hydrogens is 287 g/mol. The van der Waals surface area contributed by atoms with E-state index in [9.17, 15) is 14.7 Å². The first-order valence-corrected chi connectivity index (χ1v) is 7.38. The summed E-state index contributed by atoms with van der Waals surface area (Å²) >= 11 is 1.55. The van der Waals surface area contributed by atoms with Crippen LogP contribution in [0.3, 0.4) is 0 Å². The Morgan fingerprint density at radius 2 is 2.20 bits per heavy atom. The van der Waals surface area contributed by atoms with Gasteiger partial charge in [0.05, 0.1) is 5.41 Å². The molecular formula is C13H19N2NaO3S. The van der Waals surface area contributed by atoms with E-state index in [4.69, 9.17) is 0 Å². The molecule has 2 atom stereocenters. The largest absolute Gasteiger partial charge is 1.00 e. The van der Waals surface area contributed by atoms with E-state index in [2.05, 4.69) is 23.8 Å². The molecule has 1 heterocycles. The number of carbonyl (C=O) groups is 2. The number of imide groups is 1. The van der Waals surface area contributed by atoms with Crippen LogP contribution < -0.4 is 40.0 Å². The molecule has 3 amide bonds. The Morgan fingerprint density at radius 1 is 1.55 bits per heavy atom. The molecule has 0 aromatic carbocycles. The number of allylic oxidation sites excluding steroid dienone is 1. The second-order valence-electron chi connectivity index (χ2n) is 4.51. The van der Waals surface area contributed by atoms with E-state index in [1.165, 1.54) is 6.08 Å². The topological polar surface area (TPSA) is 81.6 Å². The van der Waals surface area contributed by atoms with Crippen LogP contribution in [0.2, 0.25) is 0 Å². The van der Waals surface area contributed by atoms with Gasteiger partial charge in [-0.05, 0) is 24.5 Å². The first-order valence-electron chi connectivity index (χ1n) is 6.33. The van der Waals surface area contributed by atoms with Gasteiger partial charge >= 0.3 is 35.6 Å². The molecule has 0 aliphatic carbocycles. The third-order valence-electron chi connectivity index (χ3n) is 3.24. The van der Waals surface area contributed by atoms with Gasteiger partial charge in [-0.2, -0.15) is 11.8 Å². The average Bonchev–Trinajstić information content (AvgIpc) is 2.34. The minimum atomic E-state index is -1.30. The molecule has 0 aromatic rings. The minimum absolute atomic E-state index is 0. The predicted molar refractivity (Wildman–Crippen MR) is 75.0 cm³/mol. The van der Waals surface area contributed by atoms with E-state index in [-0.39, 0.29) is 41.2 Å². The number of amides is 3. The summed E-state index contributed by atoms with van der Waals surface area (Å²) in [4.78, 5) is 26.6. The van der Waals surface area contributed by atoms with Crippen molar-refractivity contribution in [1.82, 2.24) is 5.32 Å². The number of hydrogen-bond acceptors (Lipinski definition) is 4. The molecule has 1 N–H and O–H groups in total. The van der Waals surface area contributed by atoms with Crippen molar-refractivity contribution in [2.24, 2.45) is 10.4 Å². The molecule has 0 aromatic heterocycles. The summed E-state index contributed by atoms with van der Waals surface area (Å²) in [5.41, 5.74) is -1.30. The number of rotatable bonds is 7. The molecule has 0 fully saturated rings. The number of carbonyl (C=O) groups excluding carboxylic acids is 2. The van der Waals surface area contributed by atoms with Crippen molar-refractivity contribution in [2.75, 3.05) is 5.75 Å². The molecule has 0 bridgehead atoms.